The third-order valence-electron chi connectivity index (χ3n) is 5.39. The molecule has 2 N–H and O–H groups in total. The molecule has 1 amide bonds. The van der Waals surface area contributed by atoms with Gasteiger partial charge in [-0.1, -0.05) is 24.3 Å². The minimum Gasteiger partial charge on any atom is -0.419 e. The third kappa shape index (κ3) is 5.04. The number of carbonyl (C=O) groups excluding carboxylic acids is 2. The van der Waals surface area contributed by atoms with Crippen LogP contribution in [0.25, 0.3) is 0 Å². The molecule has 2 aromatic rings. The number of nitrogens with one attached hydrogen (secondary N) is 2. The van der Waals surface area contributed by atoms with Crippen LogP contribution in [0.2, 0.25) is 0 Å². The van der Waals surface area contributed by atoms with Crippen LogP contribution < -0.4 is 15.4 Å². The monoisotopic (exact) mass is 436 g/mol. The topological polar surface area (TPSA) is 67.4 Å². The molecule has 2 atom stereocenters. The first-order valence-electron chi connectivity index (χ1n) is 9.95. The molecule has 0 saturated heterocycles. The number of anilines is 1. The van der Waals surface area contributed by atoms with Crippen LogP contribution in [0.5, 0.6) is 5.75 Å². The van der Waals surface area contributed by atoms with Crippen molar-refractivity contribution in [3.8, 4) is 5.75 Å². The molecule has 0 aromatic heterocycles. The van der Waals surface area contributed by atoms with E-state index in [0.29, 0.717) is 17.9 Å². The zero-order valence-corrected chi connectivity index (χ0v) is 16.3. The predicted molar refractivity (Wildman–Crippen MR) is 104 cm³/mol. The van der Waals surface area contributed by atoms with E-state index in [1.165, 1.54) is 30.3 Å². The Labute approximate surface area is 175 Å². The summed E-state index contributed by atoms with van der Waals surface area (Å²) in [6.45, 7) is 0.826. The summed E-state index contributed by atoms with van der Waals surface area (Å²) in [5.41, 5.74) is -0.0697. The predicted octanol–water partition coefficient (Wildman–Crippen LogP) is 4.40. The highest BCUT2D eigenvalue weighted by Gasteiger charge is 2.45. The number of alkyl halides is 3. The summed E-state index contributed by atoms with van der Waals surface area (Å²) < 4.78 is 57.2. The summed E-state index contributed by atoms with van der Waals surface area (Å²) in [4.78, 5) is 24.3. The maximum atomic E-state index is 13.9. The fourth-order valence-corrected chi connectivity index (χ4v) is 3.45. The van der Waals surface area contributed by atoms with Gasteiger partial charge in [-0.3, -0.25) is 4.79 Å². The Bertz CT molecular complexity index is 1000. The molecule has 0 spiro atoms. The number of amides is 1. The van der Waals surface area contributed by atoms with Gasteiger partial charge in [0.1, 0.15) is 11.6 Å². The van der Waals surface area contributed by atoms with Crippen LogP contribution in [0.1, 0.15) is 41.1 Å². The summed E-state index contributed by atoms with van der Waals surface area (Å²) in [6.07, 6.45) is -2.25. The van der Waals surface area contributed by atoms with Crippen molar-refractivity contribution in [1.82, 2.24) is 5.32 Å². The van der Waals surface area contributed by atoms with E-state index in [-0.39, 0.29) is 23.2 Å². The molecule has 2 unspecified atom stereocenters. The van der Waals surface area contributed by atoms with Crippen LogP contribution in [0.3, 0.4) is 0 Å². The van der Waals surface area contributed by atoms with Crippen LogP contribution in [0, 0.1) is 11.7 Å². The minimum atomic E-state index is -5.22. The molecule has 2 aliphatic carbocycles. The Balaban J connectivity index is 1.61. The van der Waals surface area contributed by atoms with Gasteiger partial charge in [-0.15, -0.1) is 0 Å². The van der Waals surface area contributed by atoms with Crippen molar-refractivity contribution in [3.63, 3.8) is 0 Å². The number of hydrogen-bond acceptors (Lipinski definition) is 4. The number of hydrogen-bond donors (Lipinski definition) is 2. The highest BCUT2D eigenvalue weighted by molar-refractivity contribution is 6.07. The van der Waals surface area contributed by atoms with Crippen molar-refractivity contribution < 1.29 is 31.9 Å². The molecular weight excluding hydrogens is 416 g/mol. The Hall–Kier alpha value is -2.94. The van der Waals surface area contributed by atoms with E-state index < -0.39 is 29.6 Å². The van der Waals surface area contributed by atoms with Crippen molar-refractivity contribution >= 4 is 17.6 Å². The van der Waals surface area contributed by atoms with E-state index >= 15 is 0 Å². The largest absolute Gasteiger partial charge is 0.491 e. The lowest BCUT2D eigenvalue weighted by molar-refractivity contribution is -0.189. The summed E-state index contributed by atoms with van der Waals surface area (Å²) in [7, 11) is 0. The van der Waals surface area contributed by atoms with E-state index in [0.717, 1.165) is 25.5 Å². The van der Waals surface area contributed by atoms with Crippen LogP contribution in [0.4, 0.5) is 23.2 Å². The summed E-state index contributed by atoms with van der Waals surface area (Å²) in [5.74, 6) is -3.99. The number of esters is 1. The molecule has 2 aliphatic rings. The standard InChI is InChI=1S/C22H20F4N2O3/c23-16-6-1-2-7-17(16)28-20(29)14-5-3-4-13(19(14)31-21(30)22(24,25)26)15-10-18(15)27-11-12-8-9-12/h1-7,12,15,18,27H,8-11H2,(H,28,29). The number of ether oxygens (including phenoxy) is 1. The number of benzene rings is 2. The van der Waals surface area contributed by atoms with Crippen LogP contribution in [-0.4, -0.2) is 30.6 Å². The first-order chi connectivity index (χ1) is 14.7. The Morgan fingerprint density at radius 2 is 1.81 bits per heavy atom. The zero-order chi connectivity index (χ0) is 22.2. The molecular formula is C22H20F4N2O3. The van der Waals surface area contributed by atoms with Gasteiger partial charge in [0, 0.05) is 17.5 Å². The average molecular weight is 436 g/mol. The highest BCUT2D eigenvalue weighted by atomic mass is 19.4. The van der Waals surface area contributed by atoms with E-state index in [2.05, 4.69) is 15.4 Å². The van der Waals surface area contributed by atoms with Gasteiger partial charge >= 0.3 is 12.1 Å². The number of para-hydroxylation sites is 2. The molecule has 2 fully saturated rings. The van der Waals surface area contributed by atoms with Gasteiger partial charge in [0.15, 0.2) is 0 Å². The Morgan fingerprint density at radius 1 is 1.06 bits per heavy atom. The smallest absolute Gasteiger partial charge is 0.419 e. The second kappa shape index (κ2) is 8.30. The van der Waals surface area contributed by atoms with E-state index in [4.69, 9.17) is 0 Å². The lowest BCUT2D eigenvalue weighted by atomic mass is 10.0. The van der Waals surface area contributed by atoms with Gasteiger partial charge in [0.2, 0.25) is 0 Å². The summed E-state index contributed by atoms with van der Waals surface area (Å²) in [6, 6.07) is 9.72. The molecule has 2 saturated carbocycles. The molecule has 2 aromatic carbocycles. The molecule has 0 heterocycles. The quantitative estimate of drug-likeness (QED) is 0.384. The zero-order valence-electron chi connectivity index (χ0n) is 16.3. The fourth-order valence-electron chi connectivity index (χ4n) is 3.45. The van der Waals surface area contributed by atoms with Crippen molar-refractivity contribution in [2.45, 2.75) is 37.4 Å². The average Bonchev–Trinajstić information content (AvgIpc) is 3.62. The maximum Gasteiger partial charge on any atom is 0.491 e. The SMILES string of the molecule is O=C(Nc1ccccc1F)c1cccc(C2CC2NCC2CC2)c1OC(=O)C(F)(F)F. The number of halogens is 4. The molecule has 9 heteroatoms. The van der Waals surface area contributed by atoms with E-state index in [9.17, 15) is 27.2 Å². The lowest BCUT2D eigenvalue weighted by Crippen LogP contribution is -2.29. The van der Waals surface area contributed by atoms with Crippen LogP contribution in [-0.2, 0) is 4.79 Å². The van der Waals surface area contributed by atoms with Crippen LogP contribution >= 0.6 is 0 Å². The normalized spacial score (nSPS) is 20.3. The first-order valence-corrected chi connectivity index (χ1v) is 9.95. The highest BCUT2D eigenvalue weighted by Crippen LogP contribution is 2.46. The summed E-state index contributed by atoms with van der Waals surface area (Å²) in [5, 5.41) is 5.68. The molecule has 5 nitrogen and oxygen atoms in total. The van der Waals surface area contributed by atoms with Crippen molar-refractivity contribution in [2.24, 2.45) is 5.92 Å². The van der Waals surface area contributed by atoms with Gasteiger partial charge in [-0.25, -0.2) is 9.18 Å². The third-order valence-corrected chi connectivity index (χ3v) is 5.39. The van der Waals surface area contributed by atoms with E-state index in [1.807, 2.05) is 0 Å². The molecule has 0 radical (unpaired) electrons. The van der Waals surface area contributed by atoms with Gasteiger partial charge in [-0.2, -0.15) is 13.2 Å². The van der Waals surface area contributed by atoms with Gasteiger partial charge in [0.25, 0.3) is 5.91 Å². The van der Waals surface area contributed by atoms with Gasteiger partial charge < -0.3 is 15.4 Å². The molecule has 31 heavy (non-hydrogen) atoms. The van der Waals surface area contributed by atoms with Crippen molar-refractivity contribution in [1.29, 1.82) is 0 Å². The molecule has 0 bridgehead atoms. The number of rotatable bonds is 7. The van der Waals surface area contributed by atoms with Crippen LogP contribution in [0.15, 0.2) is 42.5 Å². The molecule has 4 rings (SSSR count). The number of carbonyl (C=O) groups is 2. The van der Waals surface area contributed by atoms with E-state index in [1.54, 1.807) is 6.07 Å². The second-order valence-electron chi connectivity index (χ2n) is 7.85. The maximum absolute atomic E-state index is 13.9. The fraction of sp³-hybridized carbons (Fsp3) is 0.364. The van der Waals surface area contributed by atoms with Crippen molar-refractivity contribution in [2.75, 3.05) is 11.9 Å². The Kier molecular flexibility index (Phi) is 5.70. The van der Waals surface area contributed by atoms with Gasteiger partial charge in [-0.05, 0) is 49.9 Å². The molecule has 164 valence electrons. The first kappa shape index (κ1) is 21.3. The second-order valence-corrected chi connectivity index (χ2v) is 7.85. The molecule has 0 aliphatic heterocycles. The van der Waals surface area contributed by atoms with Crippen molar-refractivity contribution in [3.05, 3.63) is 59.4 Å². The van der Waals surface area contributed by atoms with Gasteiger partial charge in [0.05, 0.1) is 11.3 Å². The minimum absolute atomic E-state index is 0.0359. The lowest BCUT2D eigenvalue weighted by Gasteiger charge is -2.16. The summed E-state index contributed by atoms with van der Waals surface area (Å²) >= 11 is 0. The Morgan fingerprint density at radius 3 is 2.48 bits per heavy atom.